The molecule has 1 atom stereocenters. The molecule has 1 amide bonds. The van der Waals surface area contributed by atoms with Crippen molar-refractivity contribution in [2.45, 2.75) is 19.3 Å². The van der Waals surface area contributed by atoms with Crippen LogP contribution in [0.5, 0.6) is 5.75 Å². The molecule has 19 heavy (non-hydrogen) atoms. The van der Waals surface area contributed by atoms with Crippen LogP contribution in [0, 0.1) is 5.92 Å². The summed E-state index contributed by atoms with van der Waals surface area (Å²) in [6, 6.07) is 9.45. The summed E-state index contributed by atoms with van der Waals surface area (Å²) in [5.41, 5.74) is 5.59. The predicted molar refractivity (Wildman–Crippen MR) is 74.9 cm³/mol. The summed E-state index contributed by atoms with van der Waals surface area (Å²) in [6.07, 6.45) is 3.26. The molecule has 4 nitrogen and oxygen atoms in total. The molecule has 0 bridgehead atoms. The van der Waals surface area contributed by atoms with E-state index in [4.69, 9.17) is 10.5 Å². The fourth-order valence-corrected chi connectivity index (χ4v) is 2.52. The van der Waals surface area contributed by atoms with E-state index in [1.54, 1.807) is 0 Å². The van der Waals surface area contributed by atoms with Crippen LogP contribution in [-0.2, 0) is 4.79 Å². The Morgan fingerprint density at radius 3 is 2.89 bits per heavy atom. The molecular formula is C15H22N2O2. The number of amides is 1. The van der Waals surface area contributed by atoms with Crippen LogP contribution in [0.3, 0.4) is 0 Å². The number of rotatable bonds is 5. The van der Waals surface area contributed by atoms with Crippen molar-refractivity contribution < 1.29 is 9.53 Å². The van der Waals surface area contributed by atoms with Crippen molar-refractivity contribution in [1.82, 2.24) is 4.90 Å². The SMILES string of the molecule is NCCC1CCCN(C(=O)COc2ccccc2)C1. The molecule has 0 saturated carbocycles. The van der Waals surface area contributed by atoms with Gasteiger partial charge in [-0.05, 0) is 43.9 Å². The van der Waals surface area contributed by atoms with Crippen molar-refractivity contribution >= 4 is 5.91 Å². The fourth-order valence-electron chi connectivity index (χ4n) is 2.52. The molecule has 1 aromatic carbocycles. The van der Waals surface area contributed by atoms with Crippen molar-refractivity contribution in [1.29, 1.82) is 0 Å². The Morgan fingerprint density at radius 2 is 2.16 bits per heavy atom. The number of ether oxygens (including phenoxy) is 1. The van der Waals surface area contributed by atoms with Crippen molar-refractivity contribution in [3.05, 3.63) is 30.3 Å². The van der Waals surface area contributed by atoms with Gasteiger partial charge in [-0.1, -0.05) is 18.2 Å². The predicted octanol–water partition coefficient (Wildman–Crippen LogP) is 1.65. The van der Waals surface area contributed by atoms with E-state index in [0.717, 1.165) is 31.7 Å². The van der Waals surface area contributed by atoms with Gasteiger partial charge < -0.3 is 15.4 Å². The van der Waals surface area contributed by atoms with Crippen molar-refractivity contribution in [3.8, 4) is 5.75 Å². The highest BCUT2D eigenvalue weighted by Gasteiger charge is 2.23. The van der Waals surface area contributed by atoms with E-state index in [1.165, 1.54) is 6.42 Å². The molecule has 104 valence electrons. The molecule has 0 spiro atoms. The van der Waals surface area contributed by atoms with E-state index in [2.05, 4.69) is 0 Å². The zero-order valence-electron chi connectivity index (χ0n) is 11.3. The Balaban J connectivity index is 1.79. The molecule has 0 radical (unpaired) electrons. The van der Waals surface area contributed by atoms with Gasteiger partial charge in [-0.25, -0.2) is 0 Å². The molecule has 1 aromatic rings. The first-order chi connectivity index (χ1) is 9.29. The molecule has 4 heteroatoms. The summed E-state index contributed by atoms with van der Waals surface area (Å²) in [7, 11) is 0. The zero-order chi connectivity index (χ0) is 13.5. The van der Waals surface area contributed by atoms with Crippen LogP contribution in [-0.4, -0.2) is 37.0 Å². The van der Waals surface area contributed by atoms with Crippen molar-refractivity contribution in [2.24, 2.45) is 11.7 Å². The topological polar surface area (TPSA) is 55.6 Å². The summed E-state index contributed by atoms with van der Waals surface area (Å²) in [5, 5.41) is 0. The minimum atomic E-state index is 0.0746. The Hall–Kier alpha value is -1.55. The minimum absolute atomic E-state index is 0.0746. The maximum absolute atomic E-state index is 12.1. The van der Waals surface area contributed by atoms with Crippen LogP contribution in [0.25, 0.3) is 0 Å². The van der Waals surface area contributed by atoms with Gasteiger partial charge in [-0.15, -0.1) is 0 Å². The van der Waals surface area contributed by atoms with E-state index in [9.17, 15) is 4.79 Å². The number of carbonyl (C=O) groups is 1. The summed E-state index contributed by atoms with van der Waals surface area (Å²) < 4.78 is 5.50. The van der Waals surface area contributed by atoms with Crippen LogP contribution in [0.2, 0.25) is 0 Å². The van der Waals surface area contributed by atoms with E-state index in [-0.39, 0.29) is 12.5 Å². The summed E-state index contributed by atoms with van der Waals surface area (Å²) in [5.74, 6) is 1.37. The number of carbonyl (C=O) groups excluding carboxylic acids is 1. The van der Waals surface area contributed by atoms with E-state index in [1.807, 2.05) is 35.2 Å². The number of likely N-dealkylation sites (tertiary alicyclic amines) is 1. The van der Waals surface area contributed by atoms with Crippen LogP contribution in [0.4, 0.5) is 0 Å². The van der Waals surface area contributed by atoms with Gasteiger partial charge in [0.1, 0.15) is 5.75 Å². The molecule has 2 N–H and O–H groups in total. The Bertz CT molecular complexity index is 392. The number of benzene rings is 1. The number of nitrogens with two attached hydrogens (primary N) is 1. The average Bonchev–Trinajstić information content (AvgIpc) is 2.46. The second-order valence-corrected chi connectivity index (χ2v) is 5.03. The Kier molecular flexibility index (Phi) is 5.21. The number of hydrogen-bond donors (Lipinski definition) is 1. The van der Waals surface area contributed by atoms with E-state index < -0.39 is 0 Å². The molecule has 0 aliphatic carbocycles. The highest BCUT2D eigenvalue weighted by Crippen LogP contribution is 2.19. The molecule has 2 rings (SSSR count). The van der Waals surface area contributed by atoms with E-state index in [0.29, 0.717) is 12.5 Å². The lowest BCUT2D eigenvalue weighted by atomic mass is 9.95. The Morgan fingerprint density at radius 1 is 1.37 bits per heavy atom. The quantitative estimate of drug-likeness (QED) is 0.878. The molecule has 1 aliphatic heterocycles. The summed E-state index contributed by atoms with van der Waals surface area (Å²) in [6.45, 7) is 2.50. The van der Waals surface area contributed by atoms with Crippen LogP contribution >= 0.6 is 0 Å². The van der Waals surface area contributed by atoms with Gasteiger partial charge in [0.15, 0.2) is 6.61 Å². The van der Waals surface area contributed by atoms with Crippen LogP contribution < -0.4 is 10.5 Å². The lowest BCUT2D eigenvalue weighted by molar-refractivity contribution is -0.135. The second-order valence-electron chi connectivity index (χ2n) is 5.03. The van der Waals surface area contributed by atoms with Gasteiger partial charge in [0.25, 0.3) is 5.91 Å². The van der Waals surface area contributed by atoms with Gasteiger partial charge in [0.05, 0.1) is 0 Å². The van der Waals surface area contributed by atoms with Gasteiger partial charge in [-0.2, -0.15) is 0 Å². The molecule has 1 aliphatic rings. The number of piperidine rings is 1. The molecule has 1 fully saturated rings. The number of nitrogens with zero attached hydrogens (tertiary/aromatic N) is 1. The third-order valence-electron chi connectivity index (χ3n) is 3.55. The zero-order valence-corrected chi connectivity index (χ0v) is 11.3. The largest absolute Gasteiger partial charge is 0.484 e. The molecule has 1 unspecified atom stereocenters. The molecule has 1 heterocycles. The van der Waals surface area contributed by atoms with Gasteiger partial charge in [0.2, 0.25) is 0 Å². The first kappa shape index (κ1) is 13.9. The Labute approximate surface area is 114 Å². The molecule has 1 saturated heterocycles. The lowest BCUT2D eigenvalue weighted by Crippen LogP contribution is -2.42. The molecule has 0 aromatic heterocycles. The third-order valence-corrected chi connectivity index (χ3v) is 3.55. The number of hydrogen-bond acceptors (Lipinski definition) is 3. The first-order valence-electron chi connectivity index (χ1n) is 6.95. The number of para-hydroxylation sites is 1. The summed E-state index contributed by atoms with van der Waals surface area (Å²) >= 11 is 0. The normalized spacial score (nSPS) is 19.2. The van der Waals surface area contributed by atoms with E-state index >= 15 is 0 Å². The highest BCUT2D eigenvalue weighted by molar-refractivity contribution is 5.77. The van der Waals surface area contributed by atoms with Gasteiger partial charge in [0, 0.05) is 13.1 Å². The third kappa shape index (κ3) is 4.24. The standard InChI is InChI=1S/C15H22N2O2/c16-9-8-13-5-4-10-17(11-13)15(18)12-19-14-6-2-1-3-7-14/h1-3,6-7,13H,4-5,8-12,16H2. The lowest BCUT2D eigenvalue weighted by Gasteiger charge is -2.32. The highest BCUT2D eigenvalue weighted by atomic mass is 16.5. The molecular weight excluding hydrogens is 240 g/mol. The van der Waals surface area contributed by atoms with Crippen molar-refractivity contribution in [3.63, 3.8) is 0 Å². The maximum Gasteiger partial charge on any atom is 0.260 e. The van der Waals surface area contributed by atoms with Gasteiger partial charge in [-0.3, -0.25) is 4.79 Å². The van der Waals surface area contributed by atoms with Crippen molar-refractivity contribution in [2.75, 3.05) is 26.2 Å². The summed E-state index contributed by atoms with van der Waals surface area (Å²) in [4.78, 5) is 14.0. The average molecular weight is 262 g/mol. The second kappa shape index (κ2) is 7.14. The first-order valence-corrected chi connectivity index (χ1v) is 6.95. The maximum atomic E-state index is 12.1. The van der Waals surface area contributed by atoms with Crippen LogP contribution in [0.1, 0.15) is 19.3 Å². The fraction of sp³-hybridized carbons (Fsp3) is 0.533. The van der Waals surface area contributed by atoms with Crippen LogP contribution in [0.15, 0.2) is 30.3 Å². The monoisotopic (exact) mass is 262 g/mol. The smallest absolute Gasteiger partial charge is 0.260 e. The van der Waals surface area contributed by atoms with Gasteiger partial charge >= 0.3 is 0 Å². The minimum Gasteiger partial charge on any atom is -0.484 e.